The van der Waals surface area contributed by atoms with E-state index in [-0.39, 0.29) is 11.8 Å². The van der Waals surface area contributed by atoms with Gasteiger partial charge in [-0.05, 0) is 75.6 Å². The summed E-state index contributed by atoms with van der Waals surface area (Å²) >= 11 is 0. The van der Waals surface area contributed by atoms with Crippen LogP contribution in [0.2, 0.25) is 0 Å². The van der Waals surface area contributed by atoms with E-state index in [1.54, 1.807) is 7.11 Å². The number of allylic oxidation sites excluding steroid dienone is 1. The molecule has 1 aliphatic carbocycles. The van der Waals surface area contributed by atoms with Gasteiger partial charge in [-0.3, -0.25) is 9.78 Å². The molecule has 1 heterocycles. The maximum absolute atomic E-state index is 13.6. The van der Waals surface area contributed by atoms with Gasteiger partial charge in [0, 0.05) is 42.6 Å². The van der Waals surface area contributed by atoms with E-state index in [2.05, 4.69) is 49.8 Å². The van der Waals surface area contributed by atoms with Crippen molar-refractivity contribution in [1.82, 2.24) is 4.98 Å². The van der Waals surface area contributed by atoms with Crippen LogP contribution in [0.15, 0.2) is 54.6 Å². The summed E-state index contributed by atoms with van der Waals surface area (Å²) in [6.07, 6.45) is 9.78. The second kappa shape index (κ2) is 17.5. The van der Waals surface area contributed by atoms with Crippen molar-refractivity contribution in [3.05, 3.63) is 71.7 Å². The molecule has 0 amide bonds. The van der Waals surface area contributed by atoms with Crippen LogP contribution in [0, 0.1) is 11.7 Å². The number of hydrogen-bond acceptors (Lipinski definition) is 4. The van der Waals surface area contributed by atoms with Crippen molar-refractivity contribution in [3.63, 3.8) is 0 Å². The SMILES string of the molecule is CC(C)C.CCOC.CCOC(=O)CCCC/C=C/c1c(C2CC2)nc2ccccc2c1-c1ccc(F)cc1. The monoisotopic (exact) mass is 535 g/mol. The zero-order valence-corrected chi connectivity index (χ0v) is 24.6. The fourth-order valence-electron chi connectivity index (χ4n) is 3.98. The highest BCUT2D eigenvalue weighted by Crippen LogP contribution is 2.45. The summed E-state index contributed by atoms with van der Waals surface area (Å²) in [5.74, 6) is 0.968. The number of carbonyl (C=O) groups is 1. The van der Waals surface area contributed by atoms with E-state index in [0.29, 0.717) is 18.9 Å². The molecule has 0 N–H and O–H groups in total. The van der Waals surface area contributed by atoms with Crippen molar-refractivity contribution in [2.45, 2.75) is 79.1 Å². The summed E-state index contributed by atoms with van der Waals surface area (Å²) in [6, 6.07) is 14.9. The Morgan fingerprint density at radius 1 is 1.03 bits per heavy atom. The van der Waals surface area contributed by atoms with Gasteiger partial charge in [-0.2, -0.15) is 0 Å². The average Bonchev–Trinajstić information content (AvgIpc) is 3.76. The molecular formula is C34H46FNO3. The summed E-state index contributed by atoms with van der Waals surface area (Å²) in [5, 5.41) is 1.08. The van der Waals surface area contributed by atoms with Crippen LogP contribution in [-0.4, -0.2) is 31.3 Å². The first-order chi connectivity index (χ1) is 18.8. The van der Waals surface area contributed by atoms with E-state index in [9.17, 15) is 9.18 Å². The van der Waals surface area contributed by atoms with E-state index in [1.165, 1.54) is 12.1 Å². The fraction of sp³-hybridized carbons (Fsp3) is 0.471. The normalized spacial score (nSPS) is 12.6. The third-order valence-corrected chi connectivity index (χ3v) is 5.94. The molecule has 3 aromatic rings. The number of benzene rings is 2. The molecule has 0 saturated heterocycles. The van der Waals surface area contributed by atoms with Gasteiger partial charge in [-0.15, -0.1) is 0 Å². The summed E-state index contributed by atoms with van der Waals surface area (Å²) in [7, 11) is 1.68. The molecule has 0 atom stereocenters. The van der Waals surface area contributed by atoms with Gasteiger partial charge in [0.1, 0.15) is 5.82 Å². The number of fused-ring (bicyclic) bond motifs is 1. The lowest BCUT2D eigenvalue weighted by atomic mass is 9.92. The molecule has 0 radical (unpaired) electrons. The average molecular weight is 536 g/mol. The maximum atomic E-state index is 13.6. The van der Waals surface area contributed by atoms with Crippen LogP contribution in [0.4, 0.5) is 4.39 Å². The largest absolute Gasteiger partial charge is 0.466 e. The molecule has 2 aromatic carbocycles. The molecule has 0 unspecified atom stereocenters. The number of esters is 1. The molecule has 1 saturated carbocycles. The Hall–Kier alpha value is -3.05. The lowest BCUT2D eigenvalue weighted by Gasteiger charge is -2.15. The highest BCUT2D eigenvalue weighted by atomic mass is 19.1. The van der Waals surface area contributed by atoms with Gasteiger partial charge >= 0.3 is 5.97 Å². The first-order valence-electron chi connectivity index (χ1n) is 14.3. The van der Waals surface area contributed by atoms with Crippen LogP contribution < -0.4 is 0 Å². The highest BCUT2D eigenvalue weighted by molar-refractivity contribution is 5.99. The van der Waals surface area contributed by atoms with Gasteiger partial charge in [0.2, 0.25) is 0 Å². The molecule has 1 fully saturated rings. The minimum atomic E-state index is -0.233. The van der Waals surface area contributed by atoms with Crippen LogP contribution in [0.3, 0.4) is 0 Å². The van der Waals surface area contributed by atoms with Crippen LogP contribution >= 0.6 is 0 Å². The number of aromatic nitrogens is 1. The zero-order chi connectivity index (χ0) is 28.6. The number of unbranched alkanes of at least 4 members (excludes halogenated alkanes) is 2. The van der Waals surface area contributed by atoms with Crippen LogP contribution in [0.25, 0.3) is 28.1 Å². The number of carbonyl (C=O) groups excluding carboxylic acids is 1. The maximum Gasteiger partial charge on any atom is 0.305 e. The highest BCUT2D eigenvalue weighted by Gasteiger charge is 2.29. The van der Waals surface area contributed by atoms with Gasteiger partial charge in [-0.25, -0.2) is 4.39 Å². The standard InChI is InChI=1S/C27H28FNO2.C4H10.C3H8O/c1-2-31-25(30)12-6-4-3-5-10-23-26(19-15-17-21(28)18-16-19)22-9-7-8-11-24(22)29-27(23)20-13-14-20;1-4(2)3;1-3-4-2/h5,7-11,15-18,20H,2-4,6,12-14H2,1H3;4H,1-3H3;3H2,1-2H3/b10-5+;;. The zero-order valence-electron chi connectivity index (χ0n) is 24.6. The second-order valence-electron chi connectivity index (χ2n) is 10.3. The summed E-state index contributed by atoms with van der Waals surface area (Å²) in [6.45, 7) is 11.5. The van der Waals surface area contributed by atoms with Gasteiger partial charge in [0.25, 0.3) is 0 Å². The van der Waals surface area contributed by atoms with Crippen LogP contribution in [0.5, 0.6) is 0 Å². The molecule has 4 rings (SSSR count). The van der Waals surface area contributed by atoms with Crippen molar-refractivity contribution in [3.8, 4) is 11.1 Å². The van der Waals surface area contributed by atoms with E-state index in [0.717, 1.165) is 77.9 Å². The predicted octanol–water partition coefficient (Wildman–Crippen LogP) is 9.37. The van der Waals surface area contributed by atoms with E-state index >= 15 is 0 Å². The van der Waals surface area contributed by atoms with Crippen molar-refractivity contribution in [2.75, 3.05) is 20.3 Å². The number of rotatable bonds is 10. The van der Waals surface area contributed by atoms with E-state index < -0.39 is 0 Å². The van der Waals surface area contributed by atoms with Crippen molar-refractivity contribution >= 4 is 22.9 Å². The molecular weight excluding hydrogens is 489 g/mol. The number of nitrogens with zero attached hydrogens (tertiary/aromatic N) is 1. The Kier molecular flexibility index (Phi) is 14.4. The molecule has 5 heteroatoms. The van der Waals surface area contributed by atoms with E-state index in [4.69, 9.17) is 9.72 Å². The lowest BCUT2D eigenvalue weighted by molar-refractivity contribution is -0.143. The number of methoxy groups -OCH3 is 1. The van der Waals surface area contributed by atoms with Crippen molar-refractivity contribution in [1.29, 1.82) is 0 Å². The van der Waals surface area contributed by atoms with Gasteiger partial charge in [0.05, 0.1) is 17.8 Å². The van der Waals surface area contributed by atoms with E-state index in [1.807, 2.05) is 38.1 Å². The minimum Gasteiger partial charge on any atom is -0.466 e. The van der Waals surface area contributed by atoms with Crippen molar-refractivity contribution in [2.24, 2.45) is 5.92 Å². The molecule has 39 heavy (non-hydrogen) atoms. The number of hydrogen-bond donors (Lipinski definition) is 0. The number of para-hydroxylation sites is 1. The third-order valence-electron chi connectivity index (χ3n) is 5.94. The second-order valence-corrected chi connectivity index (χ2v) is 10.3. The molecule has 0 bridgehead atoms. The molecule has 212 valence electrons. The topological polar surface area (TPSA) is 48.4 Å². The molecule has 0 aliphatic heterocycles. The quantitative estimate of drug-likeness (QED) is 0.192. The third kappa shape index (κ3) is 11.3. The van der Waals surface area contributed by atoms with Gasteiger partial charge in [-0.1, -0.05) is 63.3 Å². The summed E-state index contributed by atoms with van der Waals surface area (Å²) in [5.41, 5.74) is 5.38. The Bertz CT molecular complexity index is 1160. The molecule has 4 nitrogen and oxygen atoms in total. The smallest absolute Gasteiger partial charge is 0.305 e. The molecule has 0 spiro atoms. The van der Waals surface area contributed by atoms with Crippen LogP contribution in [0.1, 0.15) is 90.3 Å². The first kappa shape index (κ1) is 32.2. The Morgan fingerprint density at radius 3 is 2.26 bits per heavy atom. The molecule has 1 aliphatic rings. The number of halogens is 1. The summed E-state index contributed by atoms with van der Waals surface area (Å²) < 4.78 is 23.1. The molecule has 1 aromatic heterocycles. The Balaban J connectivity index is 0.000000590. The Labute approximate surface area is 234 Å². The Morgan fingerprint density at radius 2 is 1.67 bits per heavy atom. The van der Waals surface area contributed by atoms with Gasteiger partial charge < -0.3 is 9.47 Å². The lowest BCUT2D eigenvalue weighted by Crippen LogP contribution is -2.02. The van der Waals surface area contributed by atoms with Crippen molar-refractivity contribution < 1.29 is 18.7 Å². The minimum absolute atomic E-state index is 0.125. The predicted molar refractivity (Wildman–Crippen MR) is 161 cm³/mol. The van der Waals surface area contributed by atoms with Gasteiger partial charge in [0.15, 0.2) is 0 Å². The number of ether oxygens (including phenoxy) is 2. The summed E-state index contributed by atoms with van der Waals surface area (Å²) in [4.78, 5) is 16.5. The first-order valence-corrected chi connectivity index (χ1v) is 14.3. The van der Waals surface area contributed by atoms with Crippen LogP contribution in [-0.2, 0) is 14.3 Å². The number of pyridine rings is 1. The fourth-order valence-corrected chi connectivity index (χ4v) is 3.98.